The lowest BCUT2D eigenvalue weighted by Crippen LogP contribution is -2.26. The zero-order chi connectivity index (χ0) is 13.4. The van der Waals surface area contributed by atoms with Gasteiger partial charge in [0.2, 0.25) is 5.95 Å². The van der Waals surface area contributed by atoms with E-state index in [1.807, 2.05) is 0 Å². The topological polar surface area (TPSA) is 57.8 Å². The van der Waals surface area contributed by atoms with Crippen molar-refractivity contribution in [2.45, 2.75) is 18.9 Å². The Morgan fingerprint density at radius 3 is 2.70 bits per heavy atom. The molecular weight excluding hydrogens is 274 g/mol. The number of aromatic nitrogens is 2. The first-order valence-corrected chi connectivity index (χ1v) is 7.54. The molecule has 4 atom stereocenters. The fourth-order valence-corrected chi connectivity index (χ4v) is 4.32. The highest BCUT2D eigenvalue weighted by Crippen LogP contribution is 2.69. The summed E-state index contributed by atoms with van der Waals surface area (Å²) in [5.74, 6) is 4.09. The van der Waals surface area contributed by atoms with Crippen molar-refractivity contribution >= 4 is 28.5 Å². The molecule has 1 aromatic heterocycles. The molecule has 0 unspecified atom stereocenters. The number of nitrogens with one attached hydrogen (secondary N) is 2. The number of benzene rings is 1. The number of hydrogen-bond donors (Lipinski definition) is 2. The number of H-pyrrole nitrogens is 1. The van der Waals surface area contributed by atoms with Crippen LogP contribution in [0.1, 0.15) is 12.8 Å². The zero-order valence-corrected chi connectivity index (χ0v) is 11.5. The summed E-state index contributed by atoms with van der Waals surface area (Å²) in [7, 11) is 0. The lowest BCUT2D eigenvalue weighted by atomic mass is 10.1. The molecule has 20 heavy (non-hydrogen) atoms. The third-order valence-electron chi connectivity index (χ3n) is 5.23. The van der Waals surface area contributed by atoms with E-state index in [9.17, 15) is 4.79 Å². The van der Waals surface area contributed by atoms with Gasteiger partial charge in [-0.05, 0) is 54.7 Å². The van der Waals surface area contributed by atoms with Crippen molar-refractivity contribution < 1.29 is 0 Å². The first-order valence-electron chi connectivity index (χ1n) is 7.17. The molecule has 0 spiro atoms. The minimum atomic E-state index is -0.105. The highest BCUT2D eigenvalue weighted by Gasteiger charge is 2.67. The number of hydrogen-bond acceptors (Lipinski definition) is 3. The Labute approximate surface area is 120 Å². The van der Waals surface area contributed by atoms with Crippen LogP contribution in [0.2, 0.25) is 5.02 Å². The van der Waals surface area contributed by atoms with Crippen molar-refractivity contribution in [3.8, 4) is 0 Å². The van der Waals surface area contributed by atoms with Gasteiger partial charge in [-0.3, -0.25) is 9.78 Å². The first-order chi connectivity index (χ1) is 9.70. The van der Waals surface area contributed by atoms with Crippen LogP contribution in [0.25, 0.3) is 10.9 Å². The molecule has 5 rings (SSSR count). The summed E-state index contributed by atoms with van der Waals surface area (Å²) in [6.45, 7) is 0. The van der Waals surface area contributed by atoms with E-state index in [0.717, 1.165) is 23.7 Å². The maximum Gasteiger partial charge on any atom is 0.260 e. The number of aromatic amines is 1. The number of anilines is 1. The Bertz CT molecular complexity index is 770. The molecule has 4 nitrogen and oxygen atoms in total. The maximum atomic E-state index is 12.1. The lowest BCUT2D eigenvalue weighted by molar-refractivity contribution is 0.593. The Balaban J connectivity index is 1.54. The normalized spacial score (nSPS) is 36.5. The molecule has 0 bridgehead atoms. The van der Waals surface area contributed by atoms with Gasteiger partial charge in [-0.25, -0.2) is 4.98 Å². The van der Waals surface area contributed by atoms with Gasteiger partial charge in [0, 0.05) is 11.1 Å². The van der Waals surface area contributed by atoms with E-state index in [1.165, 1.54) is 12.8 Å². The molecule has 1 heterocycles. The fraction of sp³-hybridized carbons (Fsp3) is 0.467. The van der Waals surface area contributed by atoms with Gasteiger partial charge < -0.3 is 5.32 Å². The van der Waals surface area contributed by atoms with E-state index in [0.29, 0.717) is 27.9 Å². The van der Waals surface area contributed by atoms with Crippen molar-refractivity contribution in [3.63, 3.8) is 0 Å². The van der Waals surface area contributed by atoms with E-state index in [2.05, 4.69) is 15.3 Å². The van der Waals surface area contributed by atoms with Crippen LogP contribution >= 0.6 is 11.6 Å². The summed E-state index contributed by atoms with van der Waals surface area (Å²) in [6.07, 6.45) is 2.70. The molecule has 3 saturated carbocycles. The Morgan fingerprint density at radius 1 is 1.20 bits per heavy atom. The van der Waals surface area contributed by atoms with E-state index in [-0.39, 0.29) is 5.56 Å². The van der Waals surface area contributed by atoms with E-state index >= 15 is 0 Å². The molecule has 0 saturated heterocycles. The summed E-state index contributed by atoms with van der Waals surface area (Å²) in [5.41, 5.74) is 0.549. The maximum absolute atomic E-state index is 12.1. The van der Waals surface area contributed by atoms with Crippen molar-refractivity contribution in [1.29, 1.82) is 0 Å². The van der Waals surface area contributed by atoms with Gasteiger partial charge in [0.25, 0.3) is 5.56 Å². The highest BCUT2D eigenvalue weighted by atomic mass is 35.5. The minimum absolute atomic E-state index is 0.105. The summed E-state index contributed by atoms with van der Waals surface area (Å²) >= 11 is 5.98. The molecule has 5 heteroatoms. The van der Waals surface area contributed by atoms with Gasteiger partial charge in [0.15, 0.2) is 0 Å². The summed E-state index contributed by atoms with van der Waals surface area (Å²) < 4.78 is 0. The molecule has 0 radical (unpaired) electrons. The second kappa shape index (κ2) is 3.55. The first kappa shape index (κ1) is 11.1. The Kier molecular flexibility index (Phi) is 1.98. The van der Waals surface area contributed by atoms with Crippen LogP contribution in [0.3, 0.4) is 0 Å². The standard InChI is InChI=1S/C15H14ClN3O/c16-6-1-2-7-12(3-6)17-15(19-14(7)20)18-13-10-4-8(10)9-5-11(9)13/h1-3,8-11,13H,4-5H2,(H2,17,18,19,20)/t8-,9-,10-,11-/m1/s1. The number of nitrogens with zero attached hydrogens (tertiary/aromatic N) is 1. The second-order valence-corrected chi connectivity index (χ2v) is 6.81. The fourth-order valence-electron chi connectivity index (χ4n) is 4.15. The van der Waals surface area contributed by atoms with Crippen LogP contribution in [0.15, 0.2) is 23.0 Å². The molecule has 0 aliphatic heterocycles. The lowest BCUT2D eigenvalue weighted by Gasteiger charge is -2.16. The van der Waals surface area contributed by atoms with Crippen LogP contribution in [0.5, 0.6) is 0 Å². The van der Waals surface area contributed by atoms with Gasteiger partial charge in [-0.15, -0.1) is 0 Å². The zero-order valence-electron chi connectivity index (χ0n) is 10.8. The molecule has 3 aliphatic carbocycles. The number of fused-ring (bicyclic) bond motifs is 4. The van der Waals surface area contributed by atoms with Gasteiger partial charge in [-0.1, -0.05) is 11.6 Å². The largest absolute Gasteiger partial charge is 0.352 e. The predicted molar refractivity (Wildman–Crippen MR) is 78.0 cm³/mol. The summed E-state index contributed by atoms with van der Waals surface area (Å²) in [6, 6.07) is 5.68. The van der Waals surface area contributed by atoms with Crippen molar-refractivity contribution in [1.82, 2.24) is 9.97 Å². The molecule has 1 aromatic carbocycles. The van der Waals surface area contributed by atoms with Crippen LogP contribution in [0, 0.1) is 23.7 Å². The smallest absolute Gasteiger partial charge is 0.260 e. The van der Waals surface area contributed by atoms with E-state index in [4.69, 9.17) is 11.6 Å². The van der Waals surface area contributed by atoms with Crippen LogP contribution < -0.4 is 10.9 Å². The van der Waals surface area contributed by atoms with Crippen LogP contribution in [0.4, 0.5) is 5.95 Å². The highest BCUT2D eigenvalue weighted by molar-refractivity contribution is 6.31. The average molecular weight is 288 g/mol. The average Bonchev–Trinajstić information content (AvgIpc) is 3.29. The monoisotopic (exact) mass is 287 g/mol. The number of rotatable bonds is 2. The molecular formula is C15H14ClN3O. The van der Waals surface area contributed by atoms with Gasteiger partial charge in [-0.2, -0.15) is 0 Å². The van der Waals surface area contributed by atoms with Crippen LogP contribution in [-0.4, -0.2) is 16.0 Å². The summed E-state index contributed by atoms with van der Waals surface area (Å²) in [5, 5.41) is 4.65. The molecule has 2 N–H and O–H groups in total. The SMILES string of the molecule is O=c1[nH]c(NC2[C@@H]3C[C@@H]3[C@H]3C[C@@H]23)nc2cc(Cl)ccc12. The van der Waals surface area contributed by atoms with Crippen LogP contribution in [-0.2, 0) is 0 Å². The third kappa shape index (κ3) is 1.48. The Hall–Kier alpha value is -1.55. The van der Waals surface area contributed by atoms with Gasteiger partial charge >= 0.3 is 0 Å². The summed E-state index contributed by atoms with van der Waals surface area (Å²) in [4.78, 5) is 19.5. The van der Waals surface area contributed by atoms with Crippen molar-refractivity contribution in [2.75, 3.05) is 5.32 Å². The van der Waals surface area contributed by atoms with E-state index in [1.54, 1.807) is 18.2 Å². The molecule has 102 valence electrons. The van der Waals surface area contributed by atoms with Crippen molar-refractivity contribution in [3.05, 3.63) is 33.6 Å². The van der Waals surface area contributed by atoms with E-state index < -0.39 is 0 Å². The third-order valence-corrected chi connectivity index (χ3v) is 5.46. The molecule has 3 fully saturated rings. The molecule has 0 amide bonds. The molecule has 3 aliphatic rings. The minimum Gasteiger partial charge on any atom is -0.352 e. The Morgan fingerprint density at radius 2 is 1.95 bits per heavy atom. The van der Waals surface area contributed by atoms with Crippen molar-refractivity contribution in [2.24, 2.45) is 23.7 Å². The second-order valence-electron chi connectivity index (χ2n) is 6.37. The molecule has 2 aromatic rings. The number of halogens is 1. The quantitative estimate of drug-likeness (QED) is 0.893. The van der Waals surface area contributed by atoms with Gasteiger partial charge in [0.1, 0.15) is 0 Å². The predicted octanol–water partition coefficient (Wildman–Crippen LogP) is 2.64. The van der Waals surface area contributed by atoms with Gasteiger partial charge in [0.05, 0.1) is 10.9 Å².